The number of halogens is 2. The van der Waals surface area contributed by atoms with E-state index in [1.165, 1.54) is 6.07 Å². The van der Waals surface area contributed by atoms with Gasteiger partial charge in [0.2, 0.25) is 0 Å². The van der Waals surface area contributed by atoms with Crippen LogP contribution in [0.15, 0.2) is 18.2 Å². The number of carbonyl (C=O) groups excluding carboxylic acids is 1. The lowest BCUT2D eigenvalue weighted by molar-refractivity contribution is -0.139. The van der Waals surface area contributed by atoms with E-state index in [0.29, 0.717) is 5.56 Å². The minimum atomic E-state index is -1.26. The number of rotatable bonds is 5. The maximum absolute atomic E-state index is 12.9. The van der Waals surface area contributed by atoms with E-state index >= 15 is 0 Å². The van der Waals surface area contributed by atoms with Gasteiger partial charge in [-0.3, -0.25) is 0 Å². The Bertz CT molecular complexity index is 555. The Labute approximate surface area is 114 Å². The molecule has 106 valence electrons. The summed E-state index contributed by atoms with van der Waals surface area (Å²) in [6.07, 6.45) is 4.82. The van der Waals surface area contributed by atoms with Gasteiger partial charge in [-0.1, -0.05) is 6.07 Å². The summed E-state index contributed by atoms with van der Waals surface area (Å²) < 4.78 is 25.6. The standard InChI is InChI=1S/C13H12F2N2O3/c1-2-3-11(12(18)19)17-13(20)16-7-8-4-5-9(14)10(15)6-8/h1,4-6,11H,3,7H2,(H,18,19)(H2,16,17,20). The number of aliphatic carboxylic acids is 1. The van der Waals surface area contributed by atoms with Crippen molar-refractivity contribution in [2.45, 2.75) is 19.0 Å². The minimum absolute atomic E-state index is 0.0780. The molecule has 0 saturated heterocycles. The molecular weight excluding hydrogens is 270 g/mol. The molecule has 0 aliphatic heterocycles. The second-order valence-electron chi connectivity index (χ2n) is 3.87. The summed E-state index contributed by atoms with van der Waals surface area (Å²) in [6, 6.07) is 1.20. The topological polar surface area (TPSA) is 78.4 Å². The number of benzene rings is 1. The third kappa shape index (κ3) is 4.57. The summed E-state index contributed by atoms with van der Waals surface area (Å²) in [5.41, 5.74) is 0.336. The van der Waals surface area contributed by atoms with E-state index in [4.69, 9.17) is 11.5 Å². The fourth-order valence-corrected chi connectivity index (χ4v) is 1.36. The third-order valence-electron chi connectivity index (χ3n) is 2.36. The average Bonchev–Trinajstić information content (AvgIpc) is 2.39. The van der Waals surface area contributed by atoms with Crippen LogP contribution in [0, 0.1) is 24.0 Å². The van der Waals surface area contributed by atoms with Gasteiger partial charge in [-0.2, -0.15) is 0 Å². The van der Waals surface area contributed by atoms with Crippen LogP contribution in [0.4, 0.5) is 13.6 Å². The highest BCUT2D eigenvalue weighted by atomic mass is 19.2. The Kier molecular flexibility index (Phi) is 5.47. The molecule has 1 rings (SSSR count). The molecule has 1 aromatic rings. The van der Waals surface area contributed by atoms with Gasteiger partial charge >= 0.3 is 12.0 Å². The number of hydrogen-bond donors (Lipinski definition) is 3. The number of urea groups is 1. The van der Waals surface area contributed by atoms with Crippen molar-refractivity contribution in [2.24, 2.45) is 0 Å². The van der Waals surface area contributed by atoms with Gasteiger partial charge in [-0.15, -0.1) is 12.3 Å². The highest BCUT2D eigenvalue weighted by molar-refractivity contribution is 5.82. The molecule has 0 spiro atoms. The van der Waals surface area contributed by atoms with Crippen LogP contribution in [-0.2, 0) is 11.3 Å². The van der Waals surface area contributed by atoms with Crippen LogP contribution in [0.5, 0.6) is 0 Å². The van der Waals surface area contributed by atoms with E-state index < -0.39 is 29.7 Å². The maximum atomic E-state index is 12.9. The molecule has 0 aromatic heterocycles. The summed E-state index contributed by atoms with van der Waals surface area (Å²) in [5, 5.41) is 13.2. The molecule has 0 aliphatic carbocycles. The maximum Gasteiger partial charge on any atom is 0.327 e. The van der Waals surface area contributed by atoms with Gasteiger partial charge in [0.05, 0.1) is 0 Å². The van der Waals surface area contributed by atoms with Gasteiger partial charge in [-0.25, -0.2) is 18.4 Å². The van der Waals surface area contributed by atoms with Crippen LogP contribution < -0.4 is 10.6 Å². The molecule has 1 aromatic carbocycles. The first kappa shape index (κ1) is 15.4. The van der Waals surface area contributed by atoms with Crippen LogP contribution in [0.2, 0.25) is 0 Å². The molecule has 0 fully saturated rings. The van der Waals surface area contributed by atoms with Crippen molar-refractivity contribution in [3.8, 4) is 12.3 Å². The quantitative estimate of drug-likeness (QED) is 0.711. The SMILES string of the molecule is C#CCC(NC(=O)NCc1ccc(F)c(F)c1)C(=O)O. The Morgan fingerprint density at radius 3 is 2.60 bits per heavy atom. The van der Waals surface area contributed by atoms with Gasteiger partial charge in [0.25, 0.3) is 0 Å². The largest absolute Gasteiger partial charge is 0.480 e. The van der Waals surface area contributed by atoms with Crippen LogP contribution in [-0.4, -0.2) is 23.1 Å². The fraction of sp³-hybridized carbons (Fsp3) is 0.231. The molecule has 0 saturated carbocycles. The molecule has 1 atom stereocenters. The first-order chi connectivity index (χ1) is 9.43. The molecule has 20 heavy (non-hydrogen) atoms. The van der Waals surface area contributed by atoms with Crippen LogP contribution in [0.1, 0.15) is 12.0 Å². The summed E-state index contributed by atoms with van der Waals surface area (Å²) in [4.78, 5) is 22.2. The van der Waals surface area contributed by atoms with E-state index in [-0.39, 0.29) is 13.0 Å². The number of nitrogens with one attached hydrogen (secondary N) is 2. The van der Waals surface area contributed by atoms with Gasteiger partial charge in [0, 0.05) is 13.0 Å². The molecule has 0 heterocycles. The number of hydrogen-bond acceptors (Lipinski definition) is 2. The van der Waals surface area contributed by atoms with Crippen molar-refractivity contribution in [1.29, 1.82) is 0 Å². The lowest BCUT2D eigenvalue weighted by Gasteiger charge is -2.12. The number of carboxylic acid groups (broad SMARTS) is 1. The Morgan fingerprint density at radius 2 is 2.05 bits per heavy atom. The van der Waals surface area contributed by atoms with Crippen molar-refractivity contribution in [3.05, 3.63) is 35.4 Å². The van der Waals surface area contributed by atoms with Crippen LogP contribution in [0.25, 0.3) is 0 Å². The summed E-state index contributed by atoms with van der Waals surface area (Å²) >= 11 is 0. The fourth-order valence-electron chi connectivity index (χ4n) is 1.36. The Morgan fingerprint density at radius 1 is 1.35 bits per heavy atom. The zero-order valence-corrected chi connectivity index (χ0v) is 10.3. The predicted octanol–water partition coefficient (Wildman–Crippen LogP) is 1.24. The van der Waals surface area contributed by atoms with Crippen molar-refractivity contribution in [2.75, 3.05) is 0 Å². The van der Waals surface area contributed by atoms with Crippen molar-refractivity contribution >= 4 is 12.0 Å². The van der Waals surface area contributed by atoms with E-state index in [0.717, 1.165) is 12.1 Å². The zero-order valence-electron chi connectivity index (χ0n) is 10.3. The van der Waals surface area contributed by atoms with E-state index in [9.17, 15) is 18.4 Å². The highest BCUT2D eigenvalue weighted by Crippen LogP contribution is 2.08. The smallest absolute Gasteiger partial charge is 0.327 e. The molecule has 1 unspecified atom stereocenters. The second kappa shape index (κ2) is 7.09. The second-order valence-corrected chi connectivity index (χ2v) is 3.87. The monoisotopic (exact) mass is 282 g/mol. The highest BCUT2D eigenvalue weighted by Gasteiger charge is 2.18. The molecule has 5 nitrogen and oxygen atoms in total. The first-order valence-corrected chi connectivity index (χ1v) is 5.58. The lowest BCUT2D eigenvalue weighted by atomic mass is 10.2. The van der Waals surface area contributed by atoms with Crippen LogP contribution >= 0.6 is 0 Å². The van der Waals surface area contributed by atoms with Gasteiger partial charge in [0.15, 0.2) is 11.6 Å². The minimum Gasteiger partial charge on any atom is -0.480 e. The molecule has 0 bridgehead atoms. The van der Waals surface area contributed by atoms with Crippen molar-refractivity contribution < 1.29 is 23.5 Å². The van der Waals surface area contributed by atoms with Gasteiger partial charge < -0.3 is 15.7 Å². The molecule has 3 N–H and O–H groups in total. The van der Waals surface area contributed by atoms with Crippen LogP contribution in [0.3, 0.4) is 0 Å². The normalized spacial score (nSPS) is 11.2. The zero-order chi connectivity index (χ0) is 15.1. The van der Waals surface area contributed by atoms with E-state index in [2.05, 4.69) is 16.6 Å². The molecule has 2 amide bonds. The van der Waals surface area contributed by atoms with E-state index in [1.54, 1.807) is 0 Å². The van der Waals surface area contributed by atoms with Gasteiger partial charge in [-0.05, 0) is 17.7 Å². The third-order valence-corrected chi connectivity index (χ3v) is 2.36. The summed E-state index contributed by atoms with van der Waals surface area (Å²) in [7, 11) is 0. The lowest BCUT2D eigenvalue weighted by Crippen LogP contribution is -2.45. The van der Waals surface area contributed by atoms with E-state index in [1.807, 2.05) is 0 Å². The number of terminal acetylenes is 1. The Balaban J connectivity index is 2.52. The summed E-state index contributed by atoms with van der Waals surface area (Å²) in [6.45, 7) is -0.0780. The molecule has 7 heteroatoms. The molecular formula is C13H12F2N2O3. The summed E-state index contributed by atoms with van der Waals surface area (Å²) in [5.74, 6) is -1.15. The van der Waals surface area contributed by atoms with Gasteiger partial charge in [0.1, 0.15) is 6.04 Å². The Hall–Kier alpha value is -2.62. The van der Waals surface area contributed by atoms with Crippen molar-refractivity contribution in [3.63, 3.8) is 0 Å². The predicted molar refractivity (Wildman–Crippen MR) is 66.6 cm³/mol. The molecule has 0 aliphatic rings. The first-order valence-electron chi connectivity index (χ1n) is 5.58. The molecule has 0 radical (unpaired) electrons. The van der Waals surface area contributed by atoms with Crippen molar-refractivity contribution in [1.82, 2.24) is 10.6 Å². The average molecular weight is 282 g/mol. The number of amides is 2. The number of carboxylic acids is 1. The number of carbonyl (C=O) groups is 2.